The van der Waals surface area contributed by atoms with E-state index in [1.54, 1.807) is 0 Å². The Morgan fingerprint density at radius 1 is 1.53 bits per heavy atom. The van der Waals surface area contributed by atoms with Crippen molar-refractivity contribution in [3.05, 3.63) is 34.8 Å². The maximum Gasteiger partial charge on any atom is 0.157 e. The summed E-state index contributed by atoms with van der Waals surface area (Å²) in [5, 5.41) is -0.500. The summed E-state index contributed by atoms with van der Waals surface area (Å²) in [7, 11) is 0. The lowest BCUT2D eigenvalue weighted by atomic mass is 9.76. The molecule has 1 aliphatic carbocycles. The van der Waals surface area contributed by atoms with Gasteiger partial charge >= 0.3 is 0 Å². The van der Waals surface area contributed by atoms with Gasteiger partial charge in [0.05, 0.1) is 5.48 Å². The van der Waals surface area contributed by atoms with Crippen molar-refractivity contribution < 1.29 is 15.8 Å². The first kappa shape index (κ1) is 4.56. The first-order valence-electron chi connectivity index (χ1n) is 8.35. The zero-order chi connectivity index (χ0) is 18.0. The minimum Gasteiger partial charge on any atom is -0.315 e. The van der Waals surface area contributed by atoms with Gasteiger partial charge in [0.25, 0.3) is 0 Å². The number of hydrogen-bond acceptors (Lipinski definition) is 2. The highest BCUT2D eigenvalue weighted by Crippen LogP contribution is 2.35. The minimum atomic E-state index is -2.57. The normalized spacial score (nSPS) is 41.1. The van der Waals surface area contributed by atoms with Crippen molar-refractivity contribution in [2.24, 2.45) is 5.73 Å². The largest absolute Gasteiger partial charge is 0.315 e. The van der Waals surface area contributed by atoms with Crippen LogP contribution in [0.3, 0.4) is 0 Å². The van der Waals surface area contributed by atoms with Gasteiger partial charge in [0.2, 0.25) is 0 Å². The molecule has 1 fully saturated rings. The van der Waals surface area contributed by atoms with E-state index < -0.39 is 71.7 Å². The Hall–Kier alpha value is -0.860. The molecule has 15 heavy (non-hydrogen) atoms. The molecular formula is C12H14ClNO. The van der Waals surface area contributed by atoms with Crippen LogP contribution in [0.25, 0.3) is 0 Å². The average molecular weight is 232 g/mol. The molecule has 0 aromatic heterocycles. The molecule has 1 saturated carbocycles. The van der Waals surface area contributed by atoms with E-state index >= 15 is 0 Å². The molecule has 2 rings (SSSR count). The van der Waals surface area contributed by atoms with Gasteiger partial charge in [-0.15, -0.1) is 0 Å². The molecule has 0 aliphatic heterocycles. The summed E-state index contributed by atoms with van der Waals surface area (Å²) in [6, 6.07) is -2.55. The molecule has 1 aliphatic rings. The molecule has 1 aromatic carbocycles. The van der Waals surface area contributed by atoms with Crippen LogP contribution in [0.1, 0.15) is 42.1 Å². The smallest absolute Gasteiger partial charge is 0.157 e. The second-order valence-corrected chi connectivity index (χ2v) is 3.65. The highest BCUT2D eigenvalue weighted by atomic mass is 35.5. The number of ketones is 1. The molecule has 1 aromatic rings. The van der Waals surface area contributed by atoms with E-state index in [0.717, 1.165) is 0 Å². The van der Waals surface area contributed by atoms with Crippen molar-refractivity contribution in [1.82, 2.24) is 0 Å². The third kappa shape index (κ3) is 1.80. The lowest BCUT2D eigenvalue weighted by Crippen LogP contribution is -2.47. The van der Waals surface area contributed by atoms with Crippen LogP contribution in [0.5, 0.6) is 0 Å². The van der Waals surface area contributed by atoms with Gasteiger partial charge in [-0.1, -0.05) is 36.1 Å². The van der Waals surface area contributed by atoms with Crippen LogP contribution in [0.2, 0.25) is 5.02 Å². The number of carbonyl (C=O) groups is 1. The summed E-state index contributed by atoms with van der Waals surface area (Å²) in [6.07, 6.45) is -6.01. The van der Waals surface area contributed by atoms with Crippen LogP contribution in [0.15, 0.2) is 24.2 Å². The highest BCUT2D eigenvalue weighted by Gasteiger charge is 2.38. The molecule has 0 saturated heterocycles. The van der Waals surface area contributed by atoms with Crippen molar-refractivity contribution in [2.45, 2.75) is 31.1 Å². The second kappa shape index (κ2) is 3.95. The predicted octanol–water partition coefficient (Wildman–Crippen LogP) is 2.64. The van der Waals surface area contributed by atoms with Gasteiger partial charge in [0.1, 0.15) is 5.54 Å². The predicted molar refractivity (Wildman–Crippen MR) is 60.8 cm³/mol. The zero-order valence-electron chi connectivity index (χ0n) is 15.8. The Morgan fingerprint density at radius 3 is 3.07 bits per heavy atom. The first-order chi connectivity index (χ1) is 10.2. The van der Waals surface area contributed by atoms with Crippen LogP contribution in [0, 0.1) is 0 Å². The Labute approximate surface area is 106 Å². The number of nitrogens with two attached hydrogens (primary N) is 1. The number of rotatable bonds is 1. The molecular weight excluding hydrogens is 210 g/mol. The lowest BCUT2D eigenvalue weighted by molar-refractivity contribution is -0.126. The fourth-order valence-electron chi connectivity index (χ4n) is 1.45. The average Bonchev–Trinajstić information content (AvgIpc) is 2.39. The first-order valence-corrected chi connectivity index (χ1v) is 4.72. The van der Waals surface area contributed by atoms with E-state index in [-0.39, 0.29) is 0 Å². The summed E-state index contributed by atoms with van der Waals surface area (Å²) in [5.41, 5.74) is 3.25. The van der Waals surface area contributed by atoms with Crippen LogP contribution in [-0.4, -0.2) is 5.78 Å². The van der Waals surface area contributed by atoms with Crippen LogP contribution in [0.4, 0.5) is 0 Å². The fourth-order valence-corrected chi connectivity index (χ4v) is 1.71. The fraction of sp³-hybridized carbons (Fsp3) is 0.417. The van der Waals surface area contributed by atoms with Gasteiger partial charge in [-0.2, -0.15) is 0 Å². The monoisotopic (exact) mass is 231 g/mol. The molecule has 1 atom stereocenters. The molecule has 2 N–H and O–H groups in total. The highest BCUT2D eigenvalue weighted by molar-refractivity contribution is 6.31. The van der Waals surface area contributed by atoms with Crippen LogP contribution >= 0.6 is 11.6 Å². The summed E-state index contributed by atoms with van der Waals surface area (Å²) in [6.45, 7) is 0. The molecule has 0 bridgehead atoms. The Bertz CT molecular complexity index is 678. The Morgan fingerprint density at radius 2 is 2.27 bits per heavy atom. The molecule has 80 valence electrons. The van der Waals surface area contributed by atoms with E-state index in [1.807, 2.05) is 0 Å². The Balaban J connectivity index is 2.81. The molecule has 3 heteroatoms. The van der Waals surface area contributed by atoms with Crippen molar-refractivity contribution in [3.63, 3.8) is 0 Å². The van der Waals surface area contributed by atoms with E-state index in [4.69, 9.17) is 28.3 Å². The van der Waals surface area contributed by atoms with Crippen LogP contribution in [-0.2, 0) is 10.3 Å². The molecule has 0 amide bonds. The van der Waals surface area contributed by atoms with Gasteiger partial charge in [-0.25, -0.2) is 0 Å². The molecule has 0 heterocycles. The number of hydrogen-bond donors (Lipinski definition) is 1. The van der Waals surface area contributed by atoms with Crippen molar-refractivity contribution in [2.75, 3.05) is 0 Å². The van der Waals surface area contributed by atoms with Crippen molar-refractivity contribution in [1.29, 1.82) is 0 Å². The van der Waals surface area contributed by atoms with Gasteiger partial charge in [0, 0.05) is 16.9 Å². The van der Waals surface area contributed by atoms with Crippen molar-refractivity contribution >= 4 is 17.4 Å². The van der Waals surface area contributed by atoms with Gasteiger partial charge in [-0.3, -0.25) is 4.79 Å². The standard InChI is InChI=1S/C12H14ClNO/c13-10-6-2-1-5-9(10)12(14)8-4-3-7-11(12)15/h1-2,5-6H,3-4,7-8,14H2/i1D,2D,4D2,5D,6D,7D2. The maximum atomic E-state index is 12.5. The van der Waals surface area contributed by atoms with E-state index in [2.05, 4.69) is 0 Å². The number of halogens is 1. The number of Topliss-reactive ketones (excluding diaryl/α,β-unsaturated/α-hetero) is 1. The summed E-state index contributed by atoms with van der Waals surface area (Å²) >= 11 is 5.96. The maximum absolute atomic E-state index is 12.5. The lowest BCUT2D eigenvalue weighted by Gasteiger charge is -2.32. The van der Waals surface area contributed by atoms with E-state index in [1.165, 1.54) is 0 Å². The zero-order valence-corrected chi connectivity index (χ0v) is 8.53. The minimum absolute atomic E-state index is 0.470. The van der Waals surface area contributed by atoms with Gasteiger partial charge in [0.15, 0.2) is 5.78 Å². The third-order valence-corrected chi connectivity index (χ3v) is 2.55. The third-order valence-electron chi connectivity index (χ3n) is 2.27. The Kier molecular flexibility index (Phi) is 1.20. The molecule has 1 unspecified atom stereocenters. The SMILES string of the molecule is [2H]c1c([2H])c([2H])c(C2(N)CC([2H])([2H])CC([2H])([2H])C2=O)c(Cl)c1[2H]. The second-order valence-electron chi connectivity index (χ2n) is 3.27. The molecule has 0 spiro atoms. The quantitative estimate of drug-likeness (QED) is 0.808. The number of benzene rings is 1. The van der Waals surface area contributed by atoms with Gasteiger partial charge in [-0.05, 0) is 24.4 Å². The molecule has 2 nitrogen and oxygen atoms in total. The van der Waals surface area contributed by atoms with Gasteiger partial charge < -0.3 is 5.73 Å². The molecule has 0 radical (unpaired) electrons. The summed E-state index contributed by atoms with van der Waals surface area (Å²) < 4.78 is 62.0. The topological polar surface area (TPSA) is 43.1 Å². The summed E-state index contributed by atoms with van der Waals surface area (Å²) in [5.74, 6) is -1.15. The van der Waals surface area contributed by atoms with E-state index in [9.17, 15) is 4.79 Å². The van der Waals surface area contributed by atoms with Crippen molar-refractivity contribution in [3.8, 4) is 0 Å². The van der Waals surface area contributed by atoms with Crippen LogP contribution < -0.4 is 5.73 Å². The van der Waals surface area contributed by atoms with E-state index in [0.29, 0.717) is 0 Å². The summed E-state index contributed by atoms with van der Waals surface area (Å²) in [4.78, 5) is 12.5. The number of carbonyl (C=O) groups excluding carboxylic acids is 1.